The Morgan fingerprint density at radius 2 is 1.83 bits per heavy atom. The summed E-state index contributed by atoms with van der Waals surface area (Å²) in [6.45, 7) is 0.352. The van der Waals surface area contributed by atoms with Gasteiger partial charge in [0.15, 0.2) is 17.4 Å². The number of halogens is 2. The summed E-state index contributed by atoms with van der Waals surface area (Å²) >= 11 is 0. The van der Waals surface area contributed by atoms with E-state index in [9.17, 15) is 0 Å². The summed E-state index contributed by atoms with van der Waals surface area (Å²) in [6, 6.07) is 11.7. The molecule has 1 aliphatic carbocycles. The monoisotopic (exact) mass is 558 g/mol. The van der Waals surface area contributed by atoms with Crippen molar-refractivity contribution in [2.75, 3.05) is 32.8 Å². The van der Waals surface area contributed by atoms with Crippen LogP contribution in [0.2, 0.25) is 0 Å². The van der Waals surface area contributed by atoms with Crippen LogP contribution in [0.4, 0.5) is 20.3 Å². The Morgan fingerprint density at radius 1 is 1.02 bits per heavy atom. The quantitative estimate of drug-likeness (QED) is 0.201. The van der Waals surface area contributed by atoms with E-state index in [-0.39, 0.29) is 24.5 Å². The second kappa shape index (κ2) is 11.5. The van der Waals surface area contributed by atoms with Crippen molar-refractivity contribution in [3.63, 3.8) is 0 Å². The third-order valence-electron chi connectivity index (χ3n) is 6.95. The Kier molecular flexibility index (Phi) is 7.43. The number of hydrogen-bond donors (Lipinski definition) is 1. The summed E-state index contributed by atoms with van der Waals surface area (Å²) in [5.74, 6) is 0.401. The number of hydrogen-bond acceptors (Lipinski definition) is 8. The van der Waals surface area contributed by atoms with Crippen molar-refractivity contribution in [1.29, 1.82) is 0 Å². The van der Waals surface area contributed by atoms with Gasteiger partial charge >= 0.3 is 0 Å². The lowest BCUT2D eigenvalue weighted by molar-refractivity contribution is 0.146. The highest BCUT2D eigenvalue weighted by Crippen LogP contribution is 2.44. The number of anilines is 2. The van der Waals surface area contributed by atoms with E-state index in [0.717, 1.165) is 29.5 Å². The Hall–Kier alpha value is -4.64. The molecule has 0 unspecified atom stereocenters. The molecule has 210 valence electrons. The number of rotatable bonds is 11. The molecule has 0 radical (unpaired) electrons. The zero-order valence-corrected chi connectivity index (χ0v) is 22.6. The molecule has 2 aromatic carbocycles. The minimum Gasteiger partial charge on any atom is -0.491 e. The number of para-hydroxylation sites is 1. The highest BCUT2D eigenvalue weighted by molar-refractivity contribution is 5.92. The van der Waals surface area contributed by atoms with Crippen LogP contribution in [0, 0.1) is 11.6 Å². The van der Waals surface area contributed by atoms with Crippen LogP contribution in [0.25, 0.3) is 22.4 Å². The van der Waals surface area contributed by atoms with Gasteiger partial charge in [-0.15, -0.1) is 0 Å². The molecule has 1 N–H and O–H groups in total. The van der Waals surface area contributed by atoms with Gasteiger partial charge in [0.25, 0.3) is 0 Å². The SMILES string of the molecule is COCCOc1cc(F)c(Cn2nc(-c3ncc(OC)c(Nc4ccncc4C4CC4)n3)c3ccccc32)c(F)c1. The van der Waals surface area contributed by atoms with Gasteiger partial charge in [-0.05, 0) is 36.5 Å². The van der Waals surface area contributed by atoms with Crippen LogP contribution < -0.4 is 14.8 Å². The van der Waals surface area contributed by atoms with Crippen molar-refractivity contribution in [3.05, 3.63) is 83.8 Å². The Labute approximate surface area is 235 Å². The van der Waals surface area contributed by atoms with Crippen molar-refractivity contribution in [1.82, 2.24) is 24.7 Å². The summed E-state index contributed by atoms with van der Waals surface area (Å²) < 4.78 is 47.4. The molecule has 3 aromatic heterocycles. The topological polar surface area (TPSA) is 96.2 Å². The molecular formula is C30H28F2N6O3. The lowest BCUT2D eigenvalue weighted by atomic mass is 10.1. The second-order valence-corrected chi connectivity index (χ2v) is 9.70. The molecule has 6 rings (SSSR count). The average Bonchev–Trinajstić information content (AvgIpc) is 3.77. The first-order chi connectivity index (χ1) is 20.1. The lowest BCUT2D eigenvalue weighted by Gasteiger charge is -2.13. The predicted molar refractivity (Wildman–Crippen MR) is 150 cm³/mol. The van der Waals surface area contributed by atoms with Gasteiger partial charge in [-0.1, -0.05) is 18.2 Å². The van der Waals surface area contributed by atoms with Gasteiger partial charge in [-0.3, -0.25) is 9.67 Å². The zero-order chi connectivity index (χ0) is 28.3. The molecule has 41 heavy (non-hydrogen) atoms. The van der Waals surface area contributed by atoms with Gasteiger partial charge in [0.1, 0.15) is 29.7 Å². The standard InChI is InChI=1S/C30H28F2N6O3/c1-39-11-12-41-19-13-23(31)22(24(32)14-19)17-38-26-6-4-3-5-20(26)28(37-38)30-34-16-27(40-2)29(36-30)35-25-9-10-33-15-21(25)18-7-8-18/h3-6,9-10,13-16,18H,7-8,11-12,17H2,1-2H3,(H,33,34,35,36). The second-order valence-electron chi connectivity index (χ2n) is 9.70. The van der Waals surface area contributed by atoms with Crippen LogP contribution in [-0.2, 0) is 11.3 Å². The molecule has 9 nitrogen and oxygen atoms in total. The summed E-state index contributed by atoms with van der Waals surface area (Å²) in [5.41, 5.74) is 3.06. The first-order valence-corrected chi connectivity index (χ1v) is 13.2. The normalized spacial score (nSPS) is 13.0. The van der Waals surface area contributed by atoms with E-state index in [1.165, 1.54) is 19.2 Å². The Bertz CT molecular complexity index is 1680. The fraction of sp³-hybridized carbons (Fsp3) is 0.267. The van der Waals surface area contributed by atoms with Crippen molar-refractivity contribution >= 4 is 22.4 Å². The van der Waals surface area contributed by atoms with Gasteiger partial charge in [-0.25, -0.2) is 18.7 Å². The number of methoxy groups -OCH3 is 2. The van der Waals surface area contributed by atoms with Crippen LogP contribution in [0.5, 0.6) is 11.5 Å². The number of ether oxygens (including phenoxy) is 3. The predicted octanol–water partition coefficient (Wildman–Crippen LogP) is 5.87. The first-order valence-electron chi connectivity index (χ1n) is 13.2. The number of fused-ring (bicyclic) bond motifs is 1. The van der Waals surface area contributed by atoms with E-state index in [1.807, 2.05) is 36.5 Å². The number of benzene rings is 2. The molecule has 5 aromatic rings. The van der Waals surface area contributed by atoms with E-state index < -0.39 is 11.6 Å². The van der Waals surface area contributed by atoms with Crippen molar-refractivity contribution in [2.24, 2.45) is 0 Å². The molecule has 1 aliphatic rings. The maximum Gasteiger partial charge on any atom is 0.183 e. The molecule has 0 spiro atoms. The van der Waals surface area contributed by atoms with E-state index in [2.05, 4.69) is 15.3 Å². The Morgan fingerprint density at radius 3 is 2.59 bits per heavy atom. The highest BCUT2D eigenvalue weighted by atomic mass is 19.1. The van der Waals surface area contributed by atoms with Crippen LogP contribution >= 0.6 is 0 Å². The molecular weight excluding hydrogens is 530 g/mol. The fourth-order valence-electron chi connectivity index (χ4n) is 4.71. The largest absolute Gasteiger partial charge is 0.491 e. The summed E-state index contributed by atoms with van der Waals surface area (Å²) in [7, 11) is 3.08. The van der Waals surface area contributed by atoms with E-state index in [1.54, 1.807) is 24.2 Å². The van der Waals surface area contributed by atoms with E-state index in [0.29, 0.717) is 41.1 Å². The minimum absolute atomic E-state index is 0.0949. The minimum atomic E-state index is -0.727. The molecule has 0 saturated heterocycles. The number of nitrogens with zero attached hydrogens (tertiary/aromatic N) is 5. The number of pyridine rings is 1. The first kappa shape index (κ1) is 26.6. The van der Waals surface area contributed by atoms with Crippen molar-refractivity contribution in [3.8, 4) is 23.0 Å². The molecule has 0 atom stereocenters. The van der Waals surface area contributed by atoms with Gasteiger partial charge in [0.05, 0.1) is 32.0 Å². The number of aromatic nitrogens is 5. The molecule has 1 fully saturated rings. The number of nitrogens with one attached hydrogen (secondary N) is 1. The van der Waals surface area contributed by atoms with Gasteiger partial charge in [0.2, 0.25) is 0 Å². The molecule has 3 heterocycles. The molecule has 1 saturated carbocycles. The summed E-state index contributed by atoms with van der Waals surface area (Å²) in [4.78, 5) is 13.5. The lowest BCUT2D eigenvalue weighted by Crippen LogP contribution is -2.09. The van der Waals surface area contributed by atoms with Crippen LogP contribution in [0.1, 0.15) is 29.9 Å². The van der Waals surface area contributed by atoms with Crippen LogP contribution in [0.3, 0.4) is 0 Å². The van der Waals surface area contributed by atoms with Crippen LogP contribution in [0.15, 0.2) is 61.1 Å². The molecule has 0 bridgehead atoms. The zero-order valence-electron chi connectivity index (χ0n) is 22.6. The molecule has 0 aliphatic heterocycles. The highest BCUT2D eigenvalue weighted by Gasteiger charge is 2.27. The summed E-state index contributed by atoms with van der Waals surface area (Å²) in [6.07, 6.45) is 7.44. The van der Waals surface area contributed by atoms with Gasteiger partial charge < -0.3 is 19.5 Å². The van der Waals surface area contributed by atoms with E-state index in [4.69, 9.17) is 24.3 Å². The smallest absolute Gasteiger partial charge is 0.183 e. The van der Waals surface area contributed by atoms with Crippen LogP contribution in [-0.4, -0.2) is 52.2 Å². The molecule has 11 heteroatoms. The van der Waals surface area contributed by atoms with E-state index >= 15 is 8.78 Å². The maximum atomic E-state index is 15.0. The molecule has 0 amide bonds. The Balaban J connectivity index is 1.35. The fourth-order valence-corrected chi connectivity index (χ4v) is 4.71. The third-order valence-corrected chi connectivity index (χ3v) is 6.95. The van der Waals surface area contributed by atoms with Gasteiger partial charge in [-0.2, -0.15) is 5.10 Å². The van der Waals surface area contributed by atoms with Crippen molar-refractivity contribution in [2.45, 2.75) is 25.3 Å². The van der Waals surface area contributed by atoms with Gasteiger partial charge in [0, 0.05) is 48.3 Å². The average molecular weight is 559 g/mol. The maximum absolute atomic E-state index is 15.0. The summed E-state index contributed by atoms with van der Waals surface area (Å²) in [5, 5.41) is 8.84. The third kappa shape index (κ3) is 5.53. The van der Waals surface area contributed by atoms with Crippen molar-refractivity contribution < 1.29 is 23.0 Å².